The molecule has 11 heteroatoms. The predicted molar refractivity (Wildman–Crippen MR) is 146 cm³/mol. The number of rotatable bonds is 14. The molecule has 1 aromatic rings. The van der Waals surface area contributed by atoms with Gasteiger partial charge in [0.2, 0.25) is 21.8 Å². The average Bonchev–Trinajstić information content (AvgIpc) is 2.86. The van der Waals surface area contributed by atoms with Gasteiger partial charge < -0.3 is 9.47 Å². The van der Waals surface area contributed by atoms with Crippen LogP contribution in [0.25, 0.3) is 6.08 Å². The highest BCUT2D eigenvalue weighted by Crippen LogP contribution is 2.32. The minimum absolute atomic E-state index is 0.0593. The van der Waals surface area contributed by atoms with Gasteiger partial charge in [-0.15, -0.1) is 4.41 Å². The van der Waals surface area contributed by atoms with Crippen LogP contribution >= 0.6 is 0 Å². The number of carbonyl (C=O) groups excluding carboxylic acids is 2. The quantitative estimate of drug-likeness (QED) is 0.339. The zero-order valence-corrected chi connectivity index (χ0v) is 24.0. The number of hydroxylamine groups is 1. The Morgan fingerprint density at radius 1 is 1.16 bits per heavy atom. The molecule has 2 amide bonds. The second-order valence-corrected chi connectivity index (χ2v) is 12.6. The van der Waals surface area contributed by atoms with Gasteiger partial charge in [-0.1, -0.05) is 63.3 Å². The second-order valence-electron chi connectivity index (χ2n) is 10.7. The Hall–Kier alpha value is -2.31. The number of sulfonamides is 1. The summed E-state index contributed by atoms with van der Waals surface area (Å²) in [5.74, 6) is -2.72. The van der Waals surface area contributed by atoms with Crippen molar-refractivity contribution in [3.05, 3.63) is 42.0 Å². The van der Waals surface area contributed by atoms with E-state index in [0.29, 0.717) is 19.4 Å². The number of nitrogens with zero attached hydrogens (tertiary/aromatic N) is 1. The van der Waals surface area contributed by atoms with Gasteiger partial charge in [0.15, 0.2) is 6.29 Å². The number of amides is 2. The molecule has 2 rings (SSSR count). The number of nitrogens with one attached hydrogen (secondary N) is 2. The molecular weight excluding hydrogens is 510 g/mol. The first-order valence-corrected chi connectivity index (χ1v) is 14.8. The van der Waals surface area contributed by atoms with Crippen LogP contribution in [0.5, 0.6) is 0 Å². The molecule has 10 nitrogen and oxygen atoms in total. The van der Waals surface area contributed by atoms with Crippen LogP contribution in [-0.2, 0) is 33.9 Å². The lowest BCUT2D eigenvalue weighted by atomic mass is 9.76. The Kier molecular flexibility index (Phi) is 12.9. The maximum Gasteiger partial charge on any atom is 0.247 e. The minimum atomic E-state index is -3.77. The molecule has 2 N–H and O–H groups in total. The maximum absolute atomic E-state index is 13.6. The lowest BCUT2D eigenvalue weighted by molar-refractivity contribution is -0.203. The molecule has 0 spiro atoms. The number of allylic oxidation sites excluding steroid dienone is 1. The zero-order valence-electron chi connectivity index (χ0n) is 23.1. The topological polar surface area (TPSA) is 123 Å². The number of carbonyl (C=O) groups is 2. The van der Waals surface area contributed by atoms with Crippen LogP contribution in [0.15, 0.2) is 36.4 Å². The lowest BCUT2D eigenvalue weighted by Crippen LogP contribution is -2.52. The van der Waals surface area contributed by atoms with E-state index < -0.39 is 40.0 Å². The van der Waals surface area contributed by atoms with E-state index in [-0.39, 0.29) is 25.0 Å². The SMILES string of the molecule is COCCN(NC(=O)[C@H](CC(C)(C)C)[C@H](C/C=C/c1ccccc1)C(=O)NOC1CCCCO1)S(C)(=O)=O. The molecule has 0 bridgehead atoms. The van der Waals surface area contributed by atoms with Crippen molar-refractivity contribution < 1.29 is 32.3 Å². The Balaban J connectivity index is 2.31. The fourth-order valence-corrected chi connectivity index (χ4v) is 4.80. The third-order valence-electron chi connectivity index (χ3n) is 6.05. The van der Waals surface area contributed by atoms with Crippen LogP contribution in [0.3, 0.4) is 0 Å². The molecule has 1 heterocycles. The third kappa shape index (κ3) is 11.6. The van der Waals surface area contributed by atoms with Gasteiger partial charge >= 0.3 is 0 Å². The van der Waals surface area contributed by atoms with E-state index in [0.717, 1.165) is 29.1 Å². The minimum Gasteiger partial charge on any atom is -0.383 e. The summed E-state index contributed by atoms with van der Waals surface area (Å²) in [6.45, 7) is 6.49. The summed E-state index contributed by atoms with van der Waals surface area (Å²) >= 11 is 0. The average molecular weight is 554 g/mol. The van der Waals surface area contributed by atoms with E-state index in [1.165, 1.54) is 7.11 Å². The molecule has 1 unspecified atom stereocenters. The number of hydrogen-bond donors (Lipinski definition) is 2. The molecule has 1 fully saturated rings. The highest BCUT2D eigenvalue weighted by molar-refractivity contribution is 7.88. The summed E-state index contributed by atoms with van der Waals surface area (Å²) in [6.07, 6.45) is 7.30. The lowest BCUT2D eigenvalue weighted by Gasteiger charge is -2.32. The van der Waals surface area contributed by atoms with Gasteiger partial charge in [0.25, 0.3) is 0 Å². The third-order valence-corrected chi connectivity index (χ3v) is 7.13. The first-order chi connectivity index (χ1) is 17.9. The Morgan fingerprint density at radius 2 is 1.87 bits per heavy atom. The van der Waals surface area contributed by atoms with E-state index in [2.05, 4.69) is 10.9 Å². The normalized spacial score (nSPS) is 18.3. The molecule has 1 aliphatic rings. The van der Waals surface area contributed by atoms with E-state index in [9.17, 15) is 18.0 Å². The van der Waals surface area contributed by atoms with E-state index in [1.54, 1.807) is 0 Å². The fourth-order valence-electron chi connectivity index (χ4n) is 4.13. The molecule has 38 heavy (non-hydrogen) atoms. The van der Waals surface area contributed by atoms with Crippen molar-refractivity contribution >= 4 is 27.9 Å². The van der Waals surface area contributed by atoms with Crippen molar-refractivity contribution in [1.29, 1.82) is 0 Å². The highest BCUT2D eigenvalue weighted by Gasteiger charge is 2.38. The number of hydrazine groups is 1. The summed E-state index contributed by atoms with van der Waals surface area (Å²) in [5, 5.41) is 0. The van der Waals surface area contributed by atoms with Crippen LogP contribution in [0, 0.1) is 17.3 Å². The molecule has 1 saturated heterocycles. The number of ether oxygens (including phenoxy) is 2. The van der Waals surface area contributed by atoms with Crippen molar-refractivity contribution in [3.63, 3.8) is 0 Å². The molecule has 214 valence electrons. The van der Waals surface area contributed by atoms with Gasteiger partial charge in [0.05, 0.1) is 31.2 Å². The smallest absolute Gasteiger partial charge is 0.247 e. The summed E-state index contributed by atoms with van der Waals surface area (Å²) in [4.78, 5) is 32.6. The van der Waals surface area contributed by atoms with Gasteiger partial charge in [0, 0.05) is 20.1 Å². The Bertz CT molecular complexity index is 1000. The van der Waals surface area contributed by atoms with Crippen molar-refractivity contribution in [1.82, 2.24) is 15.3 Å². The molecule has 0 aliphatic carbocycles. The molecule has 1 aromatic carbocycles. The van der Waals surface area contributed by atoms with Crippen LogP contribution in [-0.4, -0.2) is 64.1 Å². The first kappa shape index (κ1) is 31.9. The van der Waals surface area contributed by atoms with Gasteiger partial charge in [0.1, 0.15) is 0 Å². The van der Waals surface area contributed by atoms with Crippen molar-refractivity contribution in [2.45, 2.75) is 59.2 Å². The summed E-state index contributed by atoms with van der Waals surface area (Å²) in [6, 6.07) is 9.62. The molecule has 0 radical (unpaired) electrons. The first-order valence-electron chi connectivity index (χ1n) is 13.0. The van der Waals surface area contributed by atoms with Crippen LogP contribution in [0.4, 0.5) is 0 Å². The van der Waals surface area contributed by atoms with E-state index in [1.807, 2.05) is 63.3 Å². The maximum atomic E-state index is 13.6. The summed E-state index contributed by atoms with van der Waals surface area (Å²) in [7, 11) is -2.32. The standard InChI is InChI=1S/C27H43N3O7S/c1-27(2,3)20-23(25(31)28-30(17-19-35-4)38(5,33)34)22(15-11-14-21-12-7-6-8-13-21)26(32)29-37-24-16-9-10-18-36-24/h6-8,11-14,22-24H,9-10,15-20H2,1-5H3,(H,28,31)(H,29,32)/b14-11+/t22-,23+,24?/m0/s1. The number of methoxy groups -OCH3 is 1. The molecule has 1 aliphatic heterocycles. The predicted octanol–water partition coefficient (Wildman–Crippen LogP) is 3.27. The number of benzene rings is 1. The highest BCUT2D eigenvalue weighted by atomic mass is 32.2. The molecule has 0 aromatic heterocycles. The monoisotopic (exact) mass is 553 g/mol. The van der Waals surface area contributed by atoms with Crippen molar-refractivity contribution in [2.24, 2.45) is 17.3 Å². The Morgan fingerprint density at radius 3 is 2.45 bits per heavy atom. The van der Waals surface area contributed by atoms with Crippen molar-refractivity contribution in [3.8, 4) is 0 Å². The van der Waals surface area contributed by atoms with E-state index in [4.69, 9.17) is 14.3 Å². The zero-order chi connectivity index (χ0) is 28.2. The van der Waals surface area contributed by atoms with Crippen LogP contribution in [0.1, 0.15) is 58.4 Å². The van der Waals surface area contributed by atoms with Gasteiger partial charge in [-0.25, -0.2) is 18.7 Å². The summed E-state index contributed by atoms with van der Waals surface area (Å²) in [5.41, 5.74) is 5.65. The van der Waals surface area contributed by atoms with Crippen LogP contribution < -0.4 is 10.9 Å². The molecule has 0 saturated carbocycles. The molecular formula is C27H43N3O7S. The fraction of sp³-hybridized carbons (Fsp3) is 0.630. The largest absolute Gasteiger partial charge is 0.383 e. The van der Waals surface area contributed by atoms with Crippen molar-refractivity contribution in [2.75, 3.05) is 33.1 Å². The van der Waals surface area contributed by atoms with Gasteiger partial charge in [-0.3, -0.25) is 15.0 Å². The second kappa shape index (κ2) is 15.3. The summed E-state index contributed by atoms with van der Waals surface area (Å²) < 4.78 is 36.1. The van der Waals surface area contributed by atoms with E-state index >= 15 is 0 Å². The van der Waals surface area contributed by atoms with Crippen LogP contribution in [0.2, 0.25) is 0 Å². The van der Waals surface area contributed by atoms with Gasteiger partial charge in [-0.05, 0) is 36.7 Å². The number of hydrogen-bond acceptors (Lipinski definition) is 7. The molecule has 3 atom stereocenters. The van der Waals surface area contributed by atoms with Gasteiger partial charge in [-0.2, -0.15) is 0 Å². The Labute approximate surface area is 227 Å².